The fourth-order valence-electron chi connectivity index (χ4n) is 3.24. The van der Waals surface area contributed by atoms with Gasteiger partial charge in [0.1, 0.15) is 12.4 Å². The van der Waals surface area contributed by atoms with Crippen molar-refractivity contribution < 1.29 is 65.9 Å². The first kappa shape index (κ1) is 25.6. The minimum Gasteiger partial charge on any atom is -0.390 e. The summed E-state index contributed by atoms with van der Waals surface area (Å²) >= 11 is 0. The molecule has 2 unspecified atom stereocenters. The first-order valence-electron chi connectivity index (χ1n) is 9.34. The maximum absolute atomic E-state index is 11.8. The van der Waals surface area contributed by atoms with E-state index in [1.54, 1.807) is 6.20 Å². The van der Waals surface area contributed by atoms with E-state index in [0.29, 0.717) is 29.9 Å². The van der Waals surface area contributed by atoms with Crippen LogP contribution in [0.5, 0.6) is 0 Å². The van der Waals surface area contributed by atoms with Gasteiger partial charge in [0.05, 0.1) is 30.9 Å². The van der Waals surface area contributed by atoms with E-state index in [9.17, 15) is 23.7 Å². The first-order chi connectivity index (χ1) is 15.8. The molecule has 1 saturated heterocycles. The van der Waals surface area contributed by atoms with Gasteiger partial charge in [-0.2, -0.15) is 13.4 Å². The summed E-state index contributed by atoms with van der Waals surface area (Å²) in [4.78, 5) is 55.0. The number of aromatic nitrogens is 3. The van der Waals surface area contributed by atoms with E-state index in [1.807, 2.05) is 0 Å². The van der Waals surface area contributed by atoms with Gasteiger partial charge >= 0.3 is 23.5 Å². The molecule has 21 heteroatoms. The lowest BCUT2D eigenvalue weighted by Crippen LogP contribution is -2.27. The van der Waals surface area contributed by atoms with Crippen LogP contribution in [0, 0.1) is 0 Å². The lowest BCUT2D eigenvalue weighted by atomic mass is 10.2. The lowest BCUT2D eigenvalue weighted by Gasteiger charge is -2.19. The van der Waals surface area contributed by atoms with Crippen molar-refractivity contribution in [1.29, 1.82) is 0 Å². The van der Waals surface area contributed by atoms with Crippen molar-refractivity contribution in [3.05, 3.63) is 18.1 Å². The second-order valence-corrected chi connectivity index (χ2v) is 11.4. The monoisotopic (exact) mass is 548 g/mol. The second kappa shape index (κ2) is 9.52. The number of anilines is 1. The highest BCUT2D eigenvalue weighted by molar-refractivity contribution is 7.66. The topological polar surface area (TPSA) is 250 Å². The van der Waals surface area contributed by atoms with E-state index in [-0.39, 0.29) is 6.42 Å². The van der Waals surface area contributed by atoms with Crippen LogP contribution in [-0.4, -0.2) is 71.1 Å². The molecular formula is C13H19N4O14P3. The molecule has 0 saturated carbocycles. The number of phosphoric ester groups is 1. The zero-order valence-electron chi connectivity index (χ0n) is 16.8. The van der Waals surface area contributed by atoms with Gasteiger partial charge in [-0.25, -0.2) is 29.1 Å². The molecule has 0 spiro atoms. The molecule has 34 heavy (non-hydrogen) atoms. The van der Waals surface area contributed by atoms with Gasteiger partial charge in [0.2, 0.25) is 6.29 Å². The largest absolute Gasteiger partial charge is 0.490 e. The summed E-state index contributed by atoms with van der Waals surface area (Å²) in [5.41, 5.74) is 3.94. The first-order valence-corrected chi connectivity index (χ1v) is 13.9. The van der Waals surface area contributed by atoms with Gasteiger partial charge in [0, 0.05) is 12.8 Å². The fraction of sp³-hybridized carbons (Fsp3) is 0.538. The maximum Gasteiger partial charge on any atom is 0.490 e. The molecule has 5 atom stereocenters. The quantitative estimate of drug-likeness (QED) is 0.218. The van der Waals surface area contributed by atoms with Crippen molar-refractivity contribution >= 4 is 40.3 Å². The Kier molecular flexibility index (Phi) is 7.17. The van der Waals surface area contributed by atoms with E-state index in [4.69, 9.17) is 29.1 Å². The number of nitrogens with zero attached hydrogens (tertiary/aromatic N) is 3. The molecule has 2 aliphatic heterocycles. The SMILES string of the molecule is O=P(O)(O)OP(=O)(O)OP(=O)(O)OC[C@H]1O[C@@H](On2cc3c4c(ncnc42)NOCC3)C[C@@H]1O. The fourth-order valence-corrected chi connectivity index (χ4v) is 6.27. The van der Waals surface area contributed by atoms with Crippen molar-refractivity contribution in [2.75, 3.05) is 18.7 Å². The number of hydrogen-bond acceptors (Lipinski definition) is 13. The minimum absolute atomic E-state index is 0.0846. The summed E-state index contributed by atoms with van der Waals surface area (Å²) in [6.07, 6.45) is -0.116. The minimum atomic E-state index is -5.66. The summed E-state index contributed by atoms with van der Waals surface area (Å²) in [6.45, 7) is -0.438. The number of aliphatic hydroxyl groups is 1. The molecule has 4 rings (SSSR count). The molecule has 2 aromatic rings. The maximum atomic E-state index is 11.8. The van der Waals surface area contributed by atoms with E-state index < -0.39 is 48.6 Å². The molecule has 2 aliphatic rings. The third kappa shape index (κ3) is 6.19. The van der Waals surface area contributed by atoms with Gasteiger partial charge in [-0.3, -0.25) is 9.36 Å². The van der Waals surface area contributed by atoms with Crippen molar-refractivity contribution in [3.63, 3.8) is 0 Å². The predicted octanol–water partition coefficient (Wildman–Crippen LogP) is -0.421. The molecule has 6 N–H and O–H groups in total. The number of rotatable bonds is 9. The Morgan fingerprint density at radius 3 is 2.65 bits per heavy atom. The molecular weight excluding hydrogens is 529 g/mol. The Labute approximate surface area is 189 Å². The van der Waals surface area contributed by atoms with Gasteiger partial charge in [0.25, 0.3) is 0 Å². The van der Waals surface area contributed by atoms with Gasteiger partial charge in [-0.05, 0) is 5.56 Å². The van der Waals surface area contributed by atoms with Crippen molar-refractivity contribution in [2.45, 2.75) is 31.3 Å². The molecule has 0 aliphatic carbocycles. The summed E-state index contributed by atoms with van der Waals surface area (Å²) < 4.78 is 52.4. The van der Waals surface area contributed by atoms with Gasteiger partial charge in [-0.15, -0.1) is 0 Å². The molecule has 4 heterocycles. The molecule has 190 valence electrons. The number of ether oxygens (including phenoxy) is 1. The number of nitrogens with one attached hydrogen (secondary N) is 1. The van der Waals surface area contributed by atoms with Crippen LogP contribution in [0.25, 0.3) is 11.0 Å². The van der Waals surface area contributed by atoms with E-state index in [1.165, 1.54) is 11.1 Å². The van der Waals surface area contributed by atoms with Crippen molar-refractivity contribution in [1.82, 2.24) is 14.7 Å². The summed E-state index contributed by atoms with van der Waals surface area (Å²) in [5, 5.41) is 10.9. The van der Waals surface area contributed by atoms with Crippen molar-refractivity contribution in [2.24, 2.45) is 0 Å². The Hall–Kier alpha value is -1.49. The zero-order chi connectivity index (χ0) is 24.7. The predicted molar refractivity (Wildman–Crippen MR) is 106 cm³/mol. The lowest BCUT2D eigenvalue weighted by molar-refractivity contribution is -0.142. The van der Waals surface area contributed by atoms with Gasteiger partial charge in [0.15, 0.2) is 11.5 Å². The third-order valence-corrected chi connectivity index (χ3v) is 8.31. The van der Waals surface area contributed by atoms with E-state index in [2.05, 4.69) is 28.6 Å². The summed E-state index contributed by atoms with van der Waals surface area (Å²) in [6, 6.07) is 0. The summed E-state index contributed by atoms with van der Waals surface area (Å²) in [5.74, 6) is 0.445. The molecule has 0 bridgehead atoms. The van der Waals surface area contributed by atoms with Crippen LogP contribution in [0.3, 0.4) is 0 Å². The Morgan fingerprint density at radius 2 is 1.91 bits per heavy atom. The van der Waals surface area contributed by atoms with E-state index in [0.717, 1.165) is 5.56 Å². The van der Waals surface area contributed by atoms with Crippen LogP contribution >= 0.6 is 23.5 Å². The molecule has 2 aromatic heterocycles. The van der Waals surface area contributed by atoms with Crippen LogP contribution in [0.15, 0.2) is 12.5 Å². The average molecular weight is 548 g/mol. The van der Waals surface area contributed by atoms with E-state index >= 15 is 0 Å². The van der Waals surface area contributed by atoms with Crippen LogP contribution in [0.4, 0.5) is 5.82 Å². The number of aliphatic hydroxyl groups excluding tert-OH is 1. The van der Waals surface area contributed by atoms with Crippen LogP contribution in [-0.2, 0) is 42.8 Å². The van der Waals surface area contributed by atoms with Crippen LogP contribution < -0.4 is 10.3 Å². The smallest absolute Gasteiger partial charge is 0.390 e. The Bertz CT molecular complexity index is 1200. The highest BCUT2D eigenvalue weighted by atomic mass is 31.3. The van der Waals surface area contributed by atoms with Gasteiger partial charge in [-0.1, -0.05) is 0 Å². The molecule has 0 aromatic carbocycles. The van der Waals surface area contributed by atoms with Crippen LogP contribution in [0.2, 0.25) is 0 Å². The average Bonchev–Trinajstić information content (AvgIpc) is 3.13. The molecule has 0 radical (unpaired) electrons. The van der Waals surface area contributed by atoms with Gasteiger partial charge < -0.3 is 34.3 Å². The number of phosphoric acid groups is 3. The normalized spacial score (nSPS) is 26.4. The van der Waals surface area contributed by atoms with Crippen molar-refractivity contribution in [3.8, 4) is 0 Å². The standard InChI is InChI=1S/C13H19N4O14P3/c18-8-3-10(28-9(8)5-27-33(22,23)31-34(24,25)30-32(19,20)21)29-17-4-7-1-2-26-16-12-11(7)13(17)15-6-14-12/h4,6,8-10,18H,1-3,5H2,(H,22,23)(H,24,25)(H,14,15,16)(H2,19,20,21)/t8-,9+,10-/m0/s1. The summed E-state index contributed by atoms with van der Waals surface area (Å²) in [7, 11) is -16.5. The molecule has 1 fully saturated rings. The third-order valence-electron chi connectivity index (χ3n) is 4.51. The Morgan fingerprint density at radius 1 is 1.15 bits per heavy atom. The highest BCUT2D eigenvalue weighted by Crippen LogP contribution is 2.66. The zero-order valence-corrected chi connectivity index (χ0v) is 19.5. The number of hydrogen-bond donors (Lipinski definition) is 6. The molecule has 0 amide bonds. The van der Waals surface area contributed by atoms with Crippen LogP contribution in [0.1, 0.15) is 12.0 Å². The molecule has 18 nitrogen and oxygen atoms in total. The second-order valence-electron chi connectivity index (χ2n) is 7.00. The highest BCUT2D eigenvalue weighted by Gasteiger charge is 2.43. The Balaban J connectivity index is 1.38.